The maximum atomic E-state index is 5.95. The van der Waals surface area contributed by atoms with Crippen molar-refractivity contribution in [1.29, 1.82) is 0 Å². The number of methoxy groups -OCH3 is 1. The van der Waals surface area contributed by atoms with Gasteiger partial charge in [0, 0.05) is 38.8 Å². The van der Waals surface area contributed by atoms with Crippen LogP contribution >= 0.6 is 24.0 Å². The van der Waals surface area contributed by atoms with Crippen LogP contribution < -0.4 is 10.6 Å². The topological polar surface area (TPSA) is 85.6 Å². The summed E-state index contributed by atoms with van der Waals surface area (Å²) in [5.41, 5.74) is 0.293. The molecule has 2 atom stereocenters. The summed E-state index contributed by atoms with van der Waals surface area (Å²) in [6.07, 6.45) is 5.21. The smallest absolute Gasteiger partial charge is 0.192 e. The van der Waals surface area contributed by atoms with Crippen LogP contribution in [0.4, 0.5) is 0 Å². The van der Waals surface area contributed by atoms with Gasteiger partial charge in [0.2, 0.25) is 0 Å². The Kier molecular flexibility index (Phi) is 8.29. The number of ether oxygens (including phenoxy) is 2. The Labute approximate surface area is 178 Å². The van der Waals surface area contributed by atoms with E-state index in [0.29, 0.717) is 30.7 Å². The molecule has 27 heavy (non-hydrogen) atoms. The van der Waals surface area contributed by atoms with Gasteiger partial charge in [-0.3, -0.25) is 0 Å². The zero-order valence-electron chi connectivity index (χ0n) is 16.8. The largest absolute Gasteiger partial charge is 0.383 e. The van der Waals surface area contributed by atoms with Crippen molar-refractivity contribution in [1.82, 2.24) is 25.4 Å². The molecule has 2 N–H and O–H groups in total. The molecule has 0 aliphatic heterocycles. The summed E-state index contributed by atoms with van der Waals surface area (Å²) in [7, 11) is 3.67. The Hall–Kier alpha value is -0.940. The minimum atomic E-state index is 0. The summed E-state index contributed by atoms with van der Waals surface area (Å²) in [5, 5.41) is 15.3. The molecule has 1 aromatic rings. The molecular weight excluding hydrogens is 459 g/mol. The summed E-state index contributed by atoms with van der Waals surface area (Å²) < 4.78 is 13.1. The maximum Gasteiger partial charge on any atom is 0.192 e. The van der Waals surface area contributed by atoms with E-state index in [-0.39, 0.29) is 24.0 Å². The van der Waals surface area contributed by atoms with Gasteiger partial charge in [-0.1, -0.05) is 6.42 Å². The summed E-state index contributed by atoms with van der Waals surface area (Å²) in [5.74, 6) is 2.56. The zero-order valence-corrected chi connectivity index (χ0v) is 19.2. The van der Waals surface area contributed by atoms with Crippen LogP contribution in [-0.4, -0.2) is 59.7 Å². The quantitative estimate of drug-likeness (QED) is 0.249. The van der Waals surface area contributed by atoms with Crippen molar-refractivity contribution in [3.8, 4) is 0 Å². The fraction of sp³-hybridized carbons (Fsp3) is 0.833. The predicted molar refractivity (Wildman–Crippen MR) is 115 cm³/mol. The number of aromatic nitrogens is 3. The predicted octanol–water partition coefficient (Wildman–Crippen LogP) is 1.77. The molecular formula is C18H33IN6O2. The highest BCUT2D eigenvalue weighted by atomic mass is 127. The van der Waals surface area contributed by atoms with E-state index >= 15 is 0 Å². The van der Waals surface area contributed by atoms with Crippen LogP contribution in [0.2, 0.25) is 0 Å². The van der Waals surface area contributed by atoms with Gasteiger partial charge in [-0.15, -0.1) is 34.2 Å². The number of rotatable bonds is 8. The number of nitrogens with one attached hydrogen (secondary N) is 2. The molecule has 1 spiro atoms. The molecule has 2 fully saturated rings. The molecule has 2 aliphatic carbocycles. The number of aryl methyl sites for hydroxylation is 1. The van der Waals surface area contributed by atoms with Crippen LogP contribution in [0.3, 0.4) is 0 Å². The molecule has 0 radical (unpaired) electrons. The molecule has 0 saturated heterocycles. The first-order valence-corrected chi connectivity index (χ1v) is 9.61. The van der Waals surface area contributed by atoms with Gasteiger partial charge in [0.25, 0.3) is 0 Å². The van der Waals surface area contributed by atoms with Crippen molar-refractivity contribution in [3.63, 3.8) is 0 Å². The van der Waals surface area contributed by atoms with Crippen LogP contribution in [0.15, 0.2) is 4.99 Å². The van der Waals surface area contributed by atoms with Crippen molar-refractivity contribution < 1.29 is 9.47 Å². The highest BCUT2D eigenvalue weighted by Crippen LogP contribution is 2.57. The summed E-state index contributed by atoms with van der Waals surface area (Å²) in [4.78, 5) is 4.73. The summed E-state index contributed by atoms with van der Waals surface area (Å²) in [6, 6.07) is 0.419. The lowest BCUT2D eigenvalue weighted by molar-refractivity contribution is -0.168. The molecule has 0 bridgehead atoms. The van der Waals surface area contributed by atoms with Crippen molar-refractivity contribution >= 4 is 29.9 Å². The molecule has 1 heterocycles. The van der Waals surface area contributed by atoms with E-state index in [2.05, 4.69) is 27.8 Å². The second-order valence-electron chi connectivity index (χ2n) is 7.27. The lowest BCUT2D eigenvalue weighted by Crippen LogP contribution is -2.68. The Bertz CT molecular complexity index is 631. The molecule has 2 aliphatic rings. The Morgan fingerprint density at radius 1 is 1.37 bits per heavy atom. The maximum absolute atomic E-state index is 5.95. The molecule has 2 unspecified atom stereocenters. The first kappa shape index (κ1) is 22.4. The summed E-state index contributed by atoms with van der Waals surface area (Å²) >= 11 is 0. The van der Waals surface area contributed by atoms with E-state index in [1.165, 1.54) is 19.3 Å². The molecule has 154 valence electrons. The minimum Gasteiger partial charge on any atom is -0.383 e. The van der Waals surface area contributed by atoms with E-state index in [9.17, 15) is 0 Å². The second-order valence-corrected chi connectivity index (χ2v) is 7.27. The fourth-order valence-electron chi connectivity index (χ4n) is 3.97. The third kappa shape index (κ3) is 4.73. The molecule has 0 amide bonds. The van der Waals surface area contributed by atoms with Crippen molar-refractivity contribution in [2.24, 2.45) is 17.5 Å². The highest BCUT2D eigenvalue weighted by molar-refractivity contribution is 14.0. The van der Waals surface area contributed by atoms with E-state index in [1.807, 2.05) is 18.5 Å². The van der Waals surface area contributed by atoms with Gasteiger partial charge >= 0.3 is 0 Å². The van der Waals surface area contributed by atoms with Gasteiger partial charge in [-0.05, 0) is 33.1 Å². The number of nitrogens with zero attached hydrogens (tertiary/aromatic N) is 4. The third-order valence-electron chi connectivity index (χ3n) is 5.91. The van der Waals surface area contributed by atoms with E-state index in [4.69, 9.17) is 14.5 Å². The van der Waals surface area contributed by atoms with Gasteiger partial charge < -0.3 is 24.7 Å². The number of halogens is 1. The monoisotopic (exact) mass is 492 g/mol. The molecule has 2 saturated carbocycles. The van der Waals surface area contributed by atoms with Crippen LogP contribution in [0.5, 0.6) is 0 Å². The zero-order chi connectivity index (χ0) is 18.6. The van der Waals surface area contributed by atoms with Crippen molar-refractivity contribution in [2.45, 2.75) is 58.2 Å². The molecule has 1 aromatic heterocycles. The molecule has 0 aromatic carbocycles. The number of guanidine groups is 1. The first-order chi connectivity index (χ1) is 12.6. The third-order valence-corrected chi connectivity index (χ3v) is 5.91. The minimum absolute atomic E-state index is 0. The van der Waals surface area contributed by atoms with Gasteiger partial charge in [0.15, 0.2) is 11.8 Å². The van der Waals surface area contributed by atoms with Crippen LogP contribution in [-0.2, 0) is 23.1 Å². The van der Waals surface area contributed by atoms with E-state index in [0.717, 1.165) is 37.2 Å². The van der Waals surface area contributed by atoms with Crippen LogP contribution in [0.1, 0.15) is 44.3 Å². The van der Waals surface area contributed by atoms with E-state index < -0.39 is 0 Å². The lowest BCUT2D eigenvalue weighted by atomic mass is 9.51. The van der Waals surface area contributed by atoms with Crippen LogP contribution in [0.25, 0.3) is 0 Å². The van der Waals surface area contributed by atoms with Crippen LogP contribution in [0, 0.1) is 12.3 Å². The van der Waals surface area contributed by atoms with Crippen molar-refractivity contribution in [2.75, 3.05) is 26.9 Å². The average Bonchev–Trinajstić information content (AvgIpc) is 2.88. The van der Waals surface area contributed by atoms with Crippen molar-refractivity contribution in [3.05, 3.63) is 11.6 Å². The number of hydrogen-bond donors (Lipinski definition) is 2. The number of hydrogen-bond acceptors (Lipinski definition) is 5. The first-order valence-electron chi connectivity index (χ1n) is 9.61. The lowest BCUT2D eigenvalue weighted by Gasteiger charge is -2.61. The van der Waals surface area contributed by atoms with Gasteiger partial charge in [-0.25, -0.2) is 4.99 Å². The summed E-state index contributed by atoms with van der Waals surface area (Å²) in [6.45, 7) is 6.66. The average molecular weight is 492 g/mol. The van der Waals surface area contributed by atoms with E-state index in [1.54, 1.807) is 7.11 Å². The fourth-order valence-corrected chi connectivity index (χ4v) is 3.97. The van der Waals surface area contributed by atoms with Gasteiger partial charge in [0.05, 0.1) is 12.7 Å². The Balaban J connectivity index is 0.00000261. The SMILES string of the molecule is CCOC1CC(NC(=NCc2nnc(C)n2C)NCCOC)C12CCC2.I. The highest BCUT2D eigenvalue weighted by Gasteiger charge is 2.59. The molecule has 8 nitrogen and oxygen atoms in total. The molecule has 3 rings (SSSR count). The number of aliphatic imine (C=N–C) groups is 1. The normalized spacial score (nSPS) is 23.3. The molecule has 9 heteroatoms. The Morgan fingerprint density at radius 3 is 2.70 bits per heavy atom. The Morgan fingerprint density at radius 2 is 2.15 bits per heavy atom. The second kappa shape index (κ2) is 10.0. The van der Waals surface area contributed by atoms with Gasteiger partial charge in [-0.2, -0.15) is 0 Å². The standard InChI is InChI=1S/C18H32N6O2.HI/c1-5-26-15-11-14(18(15)7-6-8-18)21-17(19-9-10-25-4)20-12-16-23-22-13(2)24(16)3;/h14-15H,5-12H2,1-4H3,(H2,19,20,21);1H. The van der Waals surface area contributed by atoms with Gasteiger partial charge in [0.1, 0.15) is 12.4 Å².